The fraction of sp³-hybridized carbons (Fsp3) is 0.310. The molecular formula is C29H33Cl2N3O5S. The van der Waals surface area contributed by atoms with Crippen LogP contribution in [0.5, 0.6) is 5.75 Å². The van der Waals surface area contributed by atoms with Crippen LogP contribution in [0.1, 0.15) is 32.8 Å². The second kappa shape index (κ2) is 14.4. The van der Waals surface area contributed by atoms with E-state index in [1.807, 2.05) is 13.8 Å². The van der Waals surface area contributed by atoms with Crippen molar-refractivity contribution >= 4 is 50.7 Å². The predicted octanol–water partition coefficient (Wildman–Crippen LogP) is 5.53. The van der Waals surface area contributed by atoms with E-state index in [1.165, 1.54) is 17.0 Å². The third kappa shape index (κ3) is 7.90. The number of hydrogen-bond acceptors (Lipinski definition) is 5. The molecule has 3 aromatic carbocycles. The molecule has 40 heavy (non-hydrogen) atoms. The van der Waals surface area contributed by atoms with E-state index in [-0.39, 0.29) is 23.0 Å². The third-order valence-corrected chi connectivity index (χ3v) is 8.49. The Bertz CT molecular complexity index is 1400. The minimum Gasteiger partial charge on any atom is -0.494 e. The number of anilines is 1. The van der Waals surface area contributed by atoms with Crippen LogP contribution in [0.25, 0.3) is 0 Å². The quantitative estimate of drug-likeness (QED) is 0.276. The molecule has 0 fully saturated rings. The number of ether oxygens (including phenoxy) is 1. The van der Waals surface area contributed by atoms with Crippen molar-refractivity contribution in [3.63, 3.8) is 0 Å². The molecular weight excluding hydrogens is 573 g/mol. The number of halogens is 2. The van der Waals surface area contributed by atoms with Gasteiger partial charge in [-0.25, -0.2) is 8.42 Å². The average Bonchev–Trinajstić information content (AvgIpc) is 2.95. The largest absolute Gasteiger partial charge is 0.494 e. The number of hydrogen-bond donors (Lipinski definition) is 1. The molecule has 0 radical (unpaired) electrons. The van der Waals surface area contributed by atoms with E-state index in [9.17, 15) is 18.0 Å². The number of nitrogens with one attached hydrogen (secondary N) is 1. The van der Waals surface area contributed by atoms with Gasteiger partial charge in [-0.3, -0.25) is 13.9 Å². The zero-order valence-electron chi connectivity index (χ0n) is 22.6. The van der Waals surface area contributed by atoms with Gasteiger partial charge in [-0.15, -0.1) is 0 Å². The highest BCUT2D eigenvalue weighted by molar-refractivity contribution is 7.92. The van der Waals surface area contributed by atoms with Gasteiger partial charge >= 0.3 is 0 Å². The summed E-state index contributed by atoms with van der Waals surface area (Å²) in [5, 5.41) is 3.56. The van der Waals surface area contributed by atoms with Gasteiger partial charge in [0.2, 0.25) is 11.8 Å². The maximum Gasteiger partial charge on any atom is 0.264 e. The van der Waals surface area contributed by atoms with Crippen molar-refractivity contribution in [2.45, 2.75) is 44.7 Å². The van der Waals surface area contributed by atoms with E-state index >= 15 is 0 Å². The minimum atomic E-state index is -4.15. The molecule has 0 saturated carbocycles. The van der Waals surface area contributed by atoms with E-state index in [2.05, 4.69) is 5.32 Å². The fourth-order valence-electron chi connectivity index (χ4n) is 3.94. The summed E-state index contributed by atoms with van der Waals surface area (Å²) < 4.78 is 34.1. The first-order chi connectivity index (χ1) is 19.1. The number of carbonyl (C=O) groups is 2. The summed E-state index contributed by atoms with van der Waals surface area (Å²) in [5.74, 6) is -0.382. The summed E-state index contributed by atoms with van der Waals surface area (Å²) in [7, 11) is -4.15. The number of sulfonamides is 1. The minimum absolute atomic E-state index is 0.0257. The molecule has 0 aliphatic rings. The van der Waals surface area contributed by atoms with Crippen molar-refractivity contribution in [3.05, 3.63) is 88.4 Å². The first-order valence-electron chi connectivity index (χ1n) is 12.9. The fourth-order valence-corrected chi connectivity index (χ4v) is 5.84. The summed E-state index contributed by atoms with van der Waals surface area (Å²) >= 11 is 12.5. The van der Waals surface area contributed by atoms with Gasteiger partial charge < -0.3 is 15.0 Å². The standard InChI is InChI=1S/C29H33Cl2N3O5S/c1-4-17-32-29(36)21(3)33(19-22-11-12-23(30)18-27(22)31)28(35)20-34(24-13-15-25(16-14-24)39-5-2)40(37,38)26-9-7-6-8-10-26/h6-16,18,21H,4-5,17,19-20H2,1-3H3,(H,32,36). The predicted molar refractivity (Wildman–Crippen MR) is 158 cm³/mol. The number of amides is 2. The van der Waals surface area contributed by atoms with Crippen molar-refractivity contribution in [1.82, 2.24) is 10.2 Å². The SMILES string of the molecule is CCCNC(=O)C(C)N(Cc1ccc(Cl)cc1Cl)C(=O)CN(c1ccc(OCC)cc1)S(=O)(=O)c1ccccc1. The zero-order valence-corrected chi connectivity index (χ0v) is 25.0. The van der Waals surface area contributed by atoms with E-state index in [4.69, 9.17) is 27.9 Å². The molecule has 3 rings (SSSR count). The van der Waals surface area contributed by atoms with Gasteiger partial charge in [0.15, 0.2) is 0 Å². The molecule has 3 aromatic rings. The smallest absolute Gasteiger partial charge is 0.264 e. The highest BCUT2D eigenvalue weighted by atomic mass is 35.5. The van der Waals surface area contributed by atoms with Crippen molar-refractivity contribution in [2.75, 3.05) is 24.0 Å². The Kier molecular flexibility index (Phi) is 11.2. The van der Waals surface area contributed by atoms with Gasteiger partial charge in [-0.05, 0) is 74.4 Å². The van der Waals surface area contributed by atoms with Crippen LogP contribution in [0.4, 0.5) is 5.69 Å². The van der Waals surface area contributed by atoms with Crippen LogP contribution in [0, 0.1) is 0 Å². The van der Waals surface area contributed by atoms with Crippen LogP contribution < -0.4 is 14.4 Å². The van der Waals surface area contributed by atoms with Gasteiger partial charge in [0.25, 0.3) is 10.0 Å². The molecule has 8 nitrogen and oxygen atoms in total. The summed E-state index contributed by atoms with van der Waals surface area (Å²) in [6.45, 7) is 5.67. The van der Waals surface area contributed by atoms with Gasteiger partial charge in [0.1, 0.15) is 18.3 Å². The summed E-state index contributed by atoms with van der Waals surface area (Å²) in [5.41, 5.74) is 0.835. The van der Waals surface area contributed by atoms with E-state index in [0.717, 1.165) is 10.7 Å². The summed E-state index contributed by atoms with van der Waals surface area (Å²) in [4.78, 5) is 28.2. The van der Waals surface area contributed by atoms with Crippen molar-refractivity contribution in [3.8, 4) is 5.75 Å². The molecule has 214 valence electrons. The number of rotatable bonds is 13. The molecule has 2 amide bonds. The lowest BCUT2D eigenvalue weighted by Crippen LogP contribution is -2.51. The summed E-state index contributed by atoms with van der Waals surface area (Å²) in [6, 6.07) is 18.3. The molecule has 0 aliphatic heterocycles. The highest BCUT2D eigenvalue weighted by Crippen LogP contribution is 2.27. The molecule has 1 N–H and O–H groups in total. The molecule has 0 heterocycles. The number of benzene rings is 3. The molecule has 0 saturated heterocycles. The van der Waals surface area contributed by atoms with Gasteiger partial charge in [0.05, 0.1) is 17.2 Å². The normalized spacial score (nSPS) is 11.9. The van der Waals surface area contributed by atoms with Gasteiger partial charge in [-0.2, -0.15) is 0 Å². The molecule has 0 aromatic heterocycles. The molecule has 0 aliphatic carbocycles. The number of nitrogens with zero attached hydrogens (tertiary/aromatic N) is 2. The van der Waals surface area contributed by atoms with Crippen LogP contribution in [0.3, 0.4) is 0 Å². The Balaban J connectivity index is 2.03. The highest BCUT2D eigenvalue weighted by Gasteiger charge is 2.32. The lowest BCUT2D eigenvalue weighted by molar-refractivity contribution is -0.139. The van der Waals surface area contributed by atoms with Crippen LogP contribution in [0.15, 0.2) is 77.7 Å². The topological polar surface area (TPSA) is 96.0 Å². The van der Waals surface area contributed by atoms with E-state index < -0.39 is 28.5 Å². The maximum absolute atomic E-state index is 13.9. The zero-order chi connectivity index (χ0) is 29.3. The Labute approximate surface area is 245 Å². The third-order valence-electron chi connectivity index (χ3n) is 6.12. The van der Waals surface area contributed by atoms with E-state index in [0.29, 0.717) is 34.5 Å². The van der Waals surface area contributed by atoms with Crippen LogP contribution >= 0.6 is 23.2 Å². The van der Waals surface area contributed by atoms with Gasteiger partial charge in [-0.1, -0.05) is 54.4 Å². The summed E-state index contributed by atoms with van der Waals surface area (Å²) in [6.07, 6.45) is 0.719. The molecule has 1 unspecified atom stereocenters. The average molecular weight is 607 g/mol. The first-order valence-corrected chi connectivity index (χ1v) is 15.1. The Hall–Kier alpha value is -3.27. The molecule has 0 spiro atoms. The second-order valence-corrected chi connectivity index (χ2v) is 11.7. The van der Waals surface area contributed by atoms with Crippen molar-refractivity contribution in [2.24, 2.45) is 0 Å². The second-order valence-electron chi connectivity index (χ2n) is 8.98. The lowest BCUT2D eigenvalue weighted by atomic mass is 10.1. The van der Waals surface area contributed by atoms with Crippen LogP contribution in [-0.4, -0.2) is 50.9 Å². The molecule has 11 heteroatoms. The maximum atomic E-state index is 13.9. The van der Waals surface area contributed by atoms with Crippen LogP contribution in [-0.2, 0) is 26.2 Å². The van der Waals surface area contributed by atoms with Gasteiger partial charge in [0, 0.05) is 23.1 Å². The molecule has 1 atom stereocenters. The monoisotopic (exact) mass is 605 g/mol. The van der Waals surface area contributed by atoms with Crippen molar-refractivity contribution < 1.29 is 22.7 Å². The lowest BCUT2D eigenvalue weighted by Gasteiger charge is -2.32. The van der Waals surface area contributed by atoms with Crippen LogP contribution in [0.2, 0.25) is 10.0 Å². The Morgan fingerprint density at radius 1 is 0.975 bits per heavy atom. The Morgan fingerprint density at radius 2 is 1.65 bits per heavy atom. The number of carbonyl (C=O) groups excluding carboxylic acids is 2. The van der Waals surface area contributed by atoms with Crippen molar-refractivity contribution in [1.29, 1.82) is 0 Å². The molecule has 0 bridgehead atoms. The Morgan fingerprint density at radius 3 is 2.25 bits per heavy atom. The van der Waals surface area contributed by atoms with E-state index in [1.54, 1.807) is 67.6 Å². The first kappa shape index (κ1) is 31.3.